The largest absolute Gasteiger partial charge is 0.444 e. The molecule has 126 valence electrons. The molecule has 0 aliphatic heterocycles. The molecular weight excluding hydrogens is 280 g/mol. The number of hydrogen-bond acceptors (Lipinski definition) is 4. The lowest BCUT2D eigenvalue weighted by molar-refractivity contribution is 0.0277. The Kier molecular flexibility index (Phi) is 6.41. The third kappa shape index (κ3) is 6.05. The molecule has 6 nitrogen and oxygen atoms in total. The zero-order valence-corrected chi connectivity index (χ0v) is 14.9. The summed E-state index contributed by atoms with van der Waals surface area (Å²) in [5, 5.41) is 7.64. The van der Waals surface area contributed by atoms with Gasteiger partial charge in [0.1, 0.15) is 5.60 Å². The number of ether oxygens (including phenoxy) is 1. The third-order valence-corrected chi connectivity index (χ3v) is 3.44. The van der Waals surface area contributed by atoms with E-state index in [1.165, 1.54) is 11.3 Å². The fourth-order valence-corrected chi connectivity index (χ4v) is 2.12. The van der Waals surface area contributed by atoms with E-state index < -0.39 is 5.60 Å². The van der Waals surface area contributed by atoms with Crippen molar-refractivity contribution in [3.05, 3.63) is 17.5 Å². The number of amides is 1. The number of aromatic nitrogens is 2. The number of nitrogens with zero attached hydrogens (tertiary/aromatic N) is 3. The molecule has 1 aromatic rings. The highest BCUT2D eigenvalue weighted by molar-refractivity contribution is 5.67. The first-order chi connectivity index (χ1) is 10.1. The molecule has 0 aliphatic rings. The van der Waals surface area contributed by atoms with Crippen molar-refractivity contribution in [1.82, 2.24) is 20.0 Å². The Bertz CT molecular complexity index is 491. The highest BCUT2D eigenvalue weighted by Crippen LogP contribution is 2.10. The van der Waals surface area contributed by atoms with Crippen LogP contribution in [0, 0.1) is 12.8 Å². The van der Waals surface area contributed by atoms with Gasteiger partial charge < -0.3 is 15.0 Å². The standard InChI is InChI=1S/C16H30N4O2/c1-12(11-19(6)15(21)22-16(3,4)5)8-17-9-14-10-18-20(7)13(14)2/h10,12,17H,8-9,11H2,1-7H3. The van der Waals surface area contributed by atoms with Gasteiger partial charge in [0.15, 0.2) is 0 Å². The first-order valence-electron chi connectivity index (χ1n) is 7.72. The van der Waals surface area contributed by atoms with Gasteiger partial charge in [-0.1, -0.05) is 6.92 Å². The van der Waals surface area contributed by atoms with Crippen LogP contribution in [0.15, 0.2) is 6.20 Å². The fourth-order valence-electron chi connectivity index (χ4n) is 2.12. The lowest BCUT2D eigenvalue weighted by Crippen LogP contribution is -2.38. The minimum atomic E-state index is -0.454. The molecule has 1 heterocycles. The van der Waals surface area contributed by atoms with Crippen molar-refractivity contribution >= 4 is 6.09 Å². The number of hydrogen-bond donors (Lipinski definition) is 1. The molecule has 0 bridgehead atoms. The summed E-state index contributed by atoms with van der Waals surface area (Å²) >= 11 is 0. The van der Waals surface area contributed by atoms with Gasteiger partial charge >= 0.3 is 6.09 Å². The maximum absolute atomic E-state index is 11.9. The molecule has 0 saturated heterocycles. The maximum Gasteiger partial charge on any atom is 0.410 e. The molecule has 1 aromatic heterocycles. The predicted molar refractivity (Wildman–Crippen MR) is 87.7 cm³/mol. The van der Waals surface area contributed by atoms with Gasteiger partial charge in [-0.25, -0.2) is 4.79 Å². The van der Waals surface area contributed by atoms with Crippen molar-refractivity contribution in [1.29, 1.82) is 0 Å². The normalized spacial score (nSPS) is 13.0. The third-order valence-electron chi connectivity index (χ3n) is 3.44. The van der Waals surface area contributed by atoms with Crippen LogP contribution in [-0.4, -0.2) is 46.5 Å². The van der Waals surface area contributed by atoms with Crippen molar-refractivity contribution in [3.8, 4) is 0 Å². The van der Waals surface area contributed by atoms with E-state index in [1.807, 2.05) is 38.7 Å². The lowest BCUT2D eigenvalue weighted by Gasteiger charge is -2.26. The molecule has 0 aliphatic carbocycles. The molecule has 1 amide bonds. The molecule has 1 rings (SSSR count). The molecule has 0 fully saturated rings. The van der Waals surface area contributed by atoms with Gasteiger partial charge in [0.25, 0.3) is 0 Å². The number of carbonyl (C=O) groups is 1. The summed E-state index contributed by atoms with van der Waals surface area (Å²) in [6.45, 7) is 12.1. The van der Waals surface area contributed by atoms with E-state index in [9.17, 15) is 4.79 Å². The van der Waals surface area contributed by atoms with Crippen molar-refractivity contribution in [3.63, 3.8) is 0 Å². The summed E-state index contributed by atoms with van der Waals surface area (Å²) in [5.74, 6) is 0.342. The lowest BCUT2D eigenvalue weighted by atomic mass is 10.1. The zero-order chi connectivity index (χ0) is 16.9. The Morgan fingerprint density at radius 1 is 1.50 bits per heavy atom. The number of carbonyl (C=O) groups excluding carboxylic acids is 1. The molecule has 0 aromatic carbocycles. The predicted octanol–water partition coefficient (Wildman–Crippen LogP) is 2.32. The average Bonchev–Trinajstić information content (AvgIpc) is 2.68. The summed E-state index contributed by atoms with van der Waals surface area (Å²) in [6.07, 6.45) is 1.61. The zero-order valence-electron chi connectivity index (χ0n) is 14.9. The molecule has 6 heteroatoms. The molecule has 0 spiro atoms. The van der Waals surface area contributed by atoms with Crippen molar-refractivity contribution in [2.24, 2.45) is 13.0 Å². The van der Waals surface area contributed by atoms with Gasteiger partial charge in [-0.15, -0.1) is 0 Å². The molecular formula is C16H30N4O2. The second kappa shape index (κ2) is 7.63. The SMILES string of the molecule is Cc1c(CNCC(C)CN(C)C(=O)OC(C)(C)C)cnn1C. The van der Waals surface area contributed by atoms with Crippen LogP contribution in [0.1, 0.15) is 39.0 Å². The molecule has 22 heavy (non-hydrogen) atoms. The number of aryl methyl sites for hydroxylation is 1. The van der Waals surface area contributed by atoms with Crippen LogP contribution < -0.4 is 5.32 Å². The summed E-state index contributed by atoms with van der Waals surface area (Å²) in [4.78, 5) is 13.5. The van der Waals surface area contributed by atoms with Gasteiger partial charge in [0, 0.05) is 38.4 Å². The minimum absolute atomic E-state index is 0.276. The topological polar surface area (TPSA) is 59.4 Å². The van der Waals surface area contributed by atoms with Gasteiger partial charge in [-0.3, -0.25) is 4.68 Å². The summed E-state index contributed by atoms with van der Waals surface area (Å²) in [7, 11) is 3.72. The van der Waals surface area contributed by atoms with E-state index in [2.05, 4.69) is 24.3 Å². The van der Waals surface area contributed by atoms with Crippen LogP contribution in [-0.2, 0) is 18.3 Å². The number of nitrogens with one attached hydrogen (secondary N) is 1. The summed E-state index contributed by atoms with van der Waals surface area (Å²) in [5.41, 5.74) is 1.92. The highest BCUT2D eigenvalue weighted by atomic mass is 16.6. The second-order valence-electron chi connectivity index (χ2n) is 6.98. The molecule has 0 saturated carbocycles. The monoisotopic (exact) mass is 310 g/mol. The molecule has 1 unspecified atom stereocenters. The van der Waals surface area contributed by atoms with Crippen molar-refractivity contribution < 1.29 is 9.53 Å². The Balaban J connectivity index is 2.32. The molecule has 1 atom stereocenters. The Morgan fingerprint density at radius 2 is 2.14 bits per heavy atom. The van der Waals surface area contributed by atoms with E-state index in [-0.39, 0.29) is 6.09 Å². The summed E-state index contributed by atoms with van der Waals surface area (Å²) < 4.78 is 7.22. The fraction of sp³-hybridized carbons (Fsp3) is 0.750. The second-order valence-corrected chi connectivity index (χ2v) is 6.98. The van der Waals surface area contributed by atoms with E-state index in [0.717, 1.165) is 13.1 Å². The van der Waals surface area contributed by atoms with Gasteiger partial charge in [-0.05, 0) is 40.2 Å². The van der Waals surface area contributed by atoms with Gasteiger partial charge in [0.2, 0.25) is 0 Å². The average molecular weight is 310 g/mol. The van der Waals surface area contributed by atoms with Crippen molar-refractivity contribution in [2.45, 2.75) is 46.8 Å². The van der Waals surface area contributed by atoms with Crippen LogP contribution in [0.5, 0.6) is 0 Å². The minimum Gasteiger partial charge on any atom is -0.444 e. The molecule has 1 N–H and O–H groups in total. The van der Waals surface area contributed by atoms with E-state index in [0.29, 0.717) is 12.5 Å². The van der Waals surface area contributed by atoms with Crippen LogP contribution in [0.2, 0.25) is 0 Å². The smallest absolute Gasteiger partial charge is 0.410 e. The molecule has 0 radical (unpaired) electrons. The first kappa shape index (κ1) is 18.5. The quantitative estimate of drug-likeness (QED) is 0.876. The van der Waals surface area contributed by atoms with E-state index >= 15 is 0 Å². The van der Waals surface area contributed by atoms with E-state index in [1.54, 1.807) is 11.9 Å². The highest BCUT2D eigenvalue weighted by Gasteiger charge is 2.20. The maximum atomic E-state index is 11.9. The van der Waals surface area contributed by atoms with Gasteiger partial charge in [0.05, 0.1) is 6.20 Å². The van der Waals surface area contributed by atoms with Crippen molar-refractivity contribution in [2.75, 3.05) is 20.1 Å². The van der Waals surface area contributed by atoms with Crippen LogP contribution in [0.4, 0.5) is 4.79 Å². The Morgan fingerprint density at radius 3 is 2.64 bits per heavy atom. The van der Waals surface area contributed by atoms with E-state index in [4.69, 9.17) is 4.74 Å². The summed E-state index contributed by atoms with van der Waals surface area (Å²) in [6, 6.07) is 0. The Hall–Kier alpha value is -1.56. The van der Waals surface area contributed by atoms with Crippen LogP contribution in [0.25, 0.3) is 0 Å². The first-order valence-corrected chi connectivity index (χ1v) is 7.72. The number of rotatable bonds is 6. The van der Waals surface area contributed by atoms with Gasteiger partial charge in [-0.2, -0.15) is 5.10 Å². The van der Waals surface area contributed by atoms with Crippen LogP contribution in [0.3, 0.4) is 0 Å². The Labute approximate surface area is 133 Å². The van der Waals surface area contributed by atoms with Crippen LogP contribution >= 0.6 is 0 Å².